The fraction of sp³-hybridized carbons (Fsp3) is 0.571. The van der Waals surface area contributed by atoms with Gasteiger partial charge in [-0.1, -0.05) is 0 Å². The van der Waals surface area contributed by atoms with E-state index in [9.17, 15) is 4.39 Å². The van der Waals surface area contributed by atoms with Gasteiger partial charge in [0, 0.05) is 25.3 Å². The van der Waals surface area contributed by atoms with Crippen LogP contribution in [0.1, 0.15) is 36.9 Å². The number of halogens is 1. The Labute approximate surface area is 103 Å². The van der Waals surface area contributed by atoms with E-state index >= 15 is 0 Å². The third-order valence-corrected chi connectivity index (χ3v) is 3.44. The van der Waals surface area contributed by atoms with Gasteiger partial charge >= 0.3 is 0 Å². The molecule has 0 unspecified atom stereocenters. The Kier molecular flexibility index (Phi) is 3.38. The number of nitrogens with zero attached hydrogens (tertiary/aromatic N) is 1. The first-order chi connectivity index (χ1) is 7.99. The van der Waals surface area contributed by atoms with Gasteiger partial charge in [0.25, 0.3) is 0 Å². The van der Waals surface area contributed by atoms with Crippen molar-refractivity contribution in [2.75, 3.05) is 18.5 Å². The molecule has 0 spiro atoms. The van der Waals surface area contributed by atoms with Crippen molar-refractivity contribution in [1.29, 1.82) is 0 Å². The molecule has 0 aliphatic heterocycles. The molecule has 3 heteroatoms. The van der Waals surface area contributed by atoms with Crippen LogP contribution in [0.3, 0.4) is 0 Å². The van der Waals surface area contributed by atoms with E-state index in [2.05, 4.69) is 11.9 Å². The lowest BCUT2D eigenvalue weighted by atomic mass is 10.0. The molecule has 0 bridgehead atoms. The molecule has 94 valence electrons. The van der Waals surface area contributed by atoms with Crippen LogP contribution in [0.4, 0.5) is 10.1 Å². The maximum absolute atomic E-state index is 13.6. The standard InChI is InChI=1S/C14H21FN2/c1-9-6-14(17(3)8-11-4-5-11)12(10(2)16)7-13(9)15/h6-7,10-11H,4-5,8,16H2,1-3H3/t10-/m1/s1. The van der Waals surface area contributed by atoms with Crippen LogP contribution >= 0.6 is 0 Å². The number of hydrogen-bond acceptors (Lipinski definition) is 2. The molecule has 1 aliphatic rings. The molecule has 0 radical (unpaired) electrons. The van der Waals surface area contributed by atoms with E-state index in [-0.39, 0.29) is 11.9 Å². The maximum Gasteiger partial charge on any atom is 0.126 e. The Morgan fingerprint density at radius 2 is 2.12 bits per heavy atom. The zero-order valence-corrected chi connectivity index (χ0v) is 10.8. The minimum Gasteiger partial charge on any atom is -0.374 e. The fourth-order valence-corrected chi connectivity index (χ4v) is 2.16. The topological polar surface area (TPSA) is 29.3 Å². The van der Waals surface area contributed by atoms with E-state index in [0.717, 1.165) is 23.7 Å². The Morgan fingerprint density at radius 1 is 1.47 bits per heavy atom. The second kappa shape index (κ2) is 4.65. The summed E-state index contributed by atoms with van der Waals surface area (Å²) in [5, 5.41) is 0. The van der Waals surface area contributed by atoms with Gasteiger partial charge in [0.1, 0.15) is 5.82 Å². The van der Waals surface area contributed by atoms with E-state index in [1.165, 1.54) is 12.8 Å². The van der Waals surface area contributed by atoms with Crippen LogP contribution in [0.2, 0.25) is 0 Å². The van der Waals surface area contributed by atoms with Crippen molar-refractivity contribution < 1.29 is 4.39 Å². The van der Waals surface area contributed by atoms with E-state index < -0.39 is 0 Å². The first kappa shape index (κ1) is 12.4. The van der Waals surface area contributed by atoms with Gasteiger partial charge in [0.05, 0.1) is 0 Å². The summed E-state index contributed by atoms with van der Waals surface area (Å²) in [5.41, 5.74) is 8.59. The highest BCUT2D eigenvalue weighted by atomic mass is 19.1. The van der Waals surface area contributed by atoms with Gasteiger partial charge in [-0.25, -0.2) is 4.39 Å². The van der Waals surface area contributed by atoms with Crippen molar-refractivity contribution in [2.45, 2.75) is 32.7 Å². The monoisotopic (exact) mass is 236 g/mol. The highest BCUT2D eigenvalue weighted by molar-refractivity contribution is 5.56. The molecular formula is C14H21FN2. The van der Waals surface area contributed by atoms with Crippen molar-refractivity contribution in [3.63, 3.8) is 0 Å². The Morgan fingerprint density at radius 3 is 2.65 bits per heavy atom. The summed E-state index contributed by atoms with van der Waals surface area (Å²) in [6.07, 6.45) is 2.63. The van der Waals surface area contributed by atoms with Gasteiger partial charge in [-0.15, -0.1) is 0 Å². The molecule has 0 heterocycles. The molecule has 2 nitrogen and oxygen atoms in total. The molecule has 1 atom stereocenters. The second-order valence-corrected chi connectivity index (χ2v) is 5.27. The minimum absolute atomic E-state index is 0.137. The molecule has 1 aliphatic carbocycles. The molecule has 0 aromatic heterocycles. The normalized spacial score (nSPS) is 17.0. The summed E-state index contributed by atoms with van der Waals surface area (Å²) in [6, 6.07) is 3.36. The largest absolute Gasteiger partial charge is 0.374 e. The predicted octanol–water partition coefficient (Wildman–Crippen LogP) is 3.00. The average molecular weight is 236 g/mol. The Balaban J connectivity index is 2.31. The molecule has 2 rings (SSSR count). The summed E-state index contributed by atoms with van der Waals surface area (Å²) in [6.45, 7) is 4.75. The van der Waals surface area contributed by atoms with Gasteiger partial charge in [-0.2, -0.15) is 0 Å². The Hall–Kier alpha value is -1.09. The van der Waals surface area contributed by atoms with Gasteiger partial charge in [-0.05, 0) is 55.9 Å². The van der Waals surface area contributed by atoms with Crippen LogP contribution in [0.25, 0.3) is 0 Å². The quantitative estimate of drug-likeness (QED) is 0.870. The van der Waals surface area contributed by atoms with Crippen molar-refractivity contribution >= 4 is 5.69 Å². The summed E-state index contributed by atoms with van der Waals surface area (Å²) in [4.78, 5) is 2.21. The number of hydrogen-bond donors (Lipinski definition) is 1. The van der Waals surface area contributed by atoms with Crippen LogP contribution < -0.4 is 10.6 Å². The summed E-state index contributed by atoms with van der Waals surface area (Å²) < 4.78 is 13.6. The number of aryl methyl sites for hydroxylation is 1. The third-order valence-electron chi connectivity index (χ3n) is 3.44. The van der Waals surface area contributed by atoms with Crippen LogP contribution in [0.15, 0.2) is 12.1 Å². The summed E-state index contributed by atoms with van der Waals surface area (Å²) >= 11 is 0. The number of anilines is 1. The van der Waals surface area contributed by atoms with Crippen LogP contribution in [0, 0.1) is 18.7 Å². The Bertz CT molecular complexity index is 411. The SMILES string of the molecule is Cc1cc(N(C)CC2CC2)c([C@@H](C)N)cc1F. The zero-order valence-electron chi connectivity index (χ0n) is 10.8. The summed E-state index contributed by atoms with van der Waals surface area (Å²) in [5.74, 6) is 0.646. The van der Waals surface area contributed by atoms with Gasteiger partial charge < -0.3 is 10.6 Å². The number of nitrogens with two attached hydrogens (primary N) is 1. The smallest absolute Gasteiger partial charge is 0.126 e. The first-order valence-electron chi connectivity index (χ1n) is 6.25. The molecule has 0 amide bonds. The molecular weight excluding hydrogens is 215 g/mol. The van der Waals surface area contributed by atoms with E-state index in [0.29, 0.717) is 5.56 Å². The highest BCUT2D eigenvalue weighted by Gasteiger charge is 2.24. The maximum atomic E-state index is 13.6. The average Bonchev–Trinajstić information content (AvgIpc) is 3.04. The van der Waals surface area contributed by atoms with Crippen LogP contribution in [-0.2, 0) is 0 Å². The number of benzene rings is 1. The lowest BCUT2D eigenvalue weighted by molar-refractivity contribution is 0.612. The molecule has 1 aromatic rings. The van der Waals surface area contributed by atoms with Crippen molar-refractivity contribution in [2.24, 2.45) is 11.7 Å². The molecule has 0 saturated heterocycles. The zero-order chi connectivity index (χ0) is 12.6. The molecule has 1 aromatic carbocycles. The van der Waals surface area contributed by atoms with Gasteiger partial charge in [0.2, 0.25) is 0 Å². The second-order valence-electron chi connectivity index (χ2n) is 5.27. The molecule has 2 N–H and O–H groups in total. The highest BCUT2D eigenvalue weighted by Crippen LogP contribution is 2.33. The first-order valence-corrected chi connectivity index (χ1v) is 6.25. The van der Waals surface area contributed by atoms with Gasteiger partial charge in [-0.3, -0.25) is 0 Å². The molecule has 17 heavy (non-hydrogen) atoms. The van der Waals surface area contributed by atoms with Crippen molar-refractivity contribution in [3.8, 4) is 0 Å². The lowest BCUT2D eigenvalue weighted by Crippen LogP contribution is -2.23. The fourth-order valence-electron chi connectivity index (χ4n) is 2.16. The molecule has 1 saturated carbocycles. The lowest BCUT2D eigenvalue weighted by Gasteiger charge is -2.24. The van der Waals surface area contributed by atoms with Crippen molar-refractivity contribution in [3.05, 3.63) is 29.1 Å². The third kappa shape index (κ3) is 2.78. The van der Waals surface area contributed by atoms with Gasteiger partial charge in [0.15, 0.2) is 0 Å². The number of rotatable bonds is 4. The van der Waals surface area contributed by atoms with Crippen LogP contribution in [-0.4, -0.2) is 13.6 Å². The van der Waals surface area contributed by atoms with E-state index in [1.54, 1.807) is 13.0 Å². The predicted molar refractivity (Wildman–Crippen MR) is 69.7 cm³/mol. The summed E-state index contributed by atoms with van der Waals surface area (Å²) in [7, 11) is 2.07. The molecule has 1 fully saturated rings. The van der Waals surface area contributed by atoms with Crippen molar-refractivity contribution in [1.82, 2.24) is 0 Å². The van der Waals surface area contributed by atoms with E-state index in [1.807, 2.05) is 13.0 Å². The van der Waals surface area contributed by atoms with E-state index in [4.69, 9.17) is 5.73 Å². The minimum atomic E-state index is -0.166. The van der Waals surface area contributed by atoms with Crippen LogP contribution in [0.5, 0.6) is 0 Å².